The fraction of sp³-hybridized carbons (Fsp3) is 0.220. The molecular formula is C41H41N3O5. The number of carbonyl (C=O) groups is 4. The number of nitrogens with zero attached hydrogens (tertiary/aromatic N) is 1. The molecular weight excluding hydrogens is 614 g/mol. The summed E-state index contributed by atoms with van der Waals surface area (Å²) in [5.41, 5.74) is 5.91. The molecule has 0 aliphatic rings. The Morgan fingerprint density at radius 2 is 1.29 bits per heavy atom. The first kappa shape index (κ1) is 34.6. The van der Waals surface area contributed by atoms with Gasteiger partial charge >= 0.3 is 5.97 Å². The number of hydrogen-bond donors (Lipinski definition) is 2. The van der Waals surface area contributed by atoms with Crippen LogP contribution in [0.15, 0.2) is 128 Å². The van der Waals surface area contributed by atoms with E-state index in [-0.39, 0.29) is 24.7 Å². The number of amides is 2. The second-order valence-corrected chi connectivity index (χ2v) is 12.5. The van der Waals surface area contributed by atoms with Gasteiger partial charge in [-0.25, -0.2) is 0 Å². The van der Waals surface area contributed by atoms with Crippen LogP contribution in [0.4, 0.5) is 5.69 Å². The molecule has 0 saturated heterocycles. The van der Waals surface area contributed by atoms with E-state index in [4.69, 9.17) is 4.74 Å². The normalized spacial score (nSPS) is 12.2. The van der Waals surface area contributed by atoms with E-state index in [1.54, 1.807) is 35.0 Å². The van der Waals surface area contributed by atoms with Crippen molar-refractivity contribution in [2.24, 2.45) is 5.92 Å². The Kier molecular flexibility index (Phi) is 11.6. The largest absolute Gasteiger partial charge is 0.461 e. The molecule has 0 fully saturated rings. The average Bonchev–Trinajstić information content (AvgIpc) is 3.60. The third kappa shape index (κ3) is 9.64. The van der Waals surface area contributed by atoms with Gasteiger partial charge in [0.15, 0.2) is 5.78 Å². The van der Waals surface area contributed by atoms with Gasteiger partial charge in [-0.2, -0.15) is 0 Å². The van der Waals surface area contributed by atoms with Gasteiger partial charge in [0.1, 0.15) is 18.7 Å². The lowest BCUT2D eigenvalue weighted by molar-refractivity contribution is -0.147. The van der Waals surface area contributed by atoms with Crippen LogP contribution in [-0.4, -0.2) is 34.2 Å². The summed E-state index contributed by atoms with van der Waals surface area (Å²) in [7, 11) is 0. The number of ether oxygens (including phenoxy) is 1. The van der Waals surface area contributed by atoms with Crippen LogP contribution >= 0.6 is 0 Å². The number of hydrogen-bond acceptors (Lipinski definition) is 5. The first-order chi connectivity index (χ1) is 23.7. The zero-order valence-electron chi connectivity index (χ0n) is 28.0. The molecule has 0 spiro atoms. The van der Waals surface area contributed by atoms with Crippen LogP contribution in [0.2, 0.25) is 0 Å². The van der Waals surface area contributed by atoms with Gasteiger partial charge in [0, 0.05) is 23.6 Å². The number of anilines is 1. The summed E-state index contributed by atoms with van der Waals surface area (Å²) < 4.78 is 7.26. The van der Waals surface area contributed by atoms with E-state index in [1.165, 1.54) is 6.92 Å². The Bertz CT molecular complexity index is 1860. The lowest BCUT2D eigenvalue weighted by Gasteiger charge is -2.24. The number of carbonyl (C=O) groups excluding carboxylic acids is 4. The lowest BCUT2D eigenvalue weighted by atomic mass is 10.0. The number of nitrogens with one attached hydrogen (secondary N) is 2. The Labute approximate surface area is 287 Å². The molecule has 4 aromatic carbocycles. The van der Waals surface area contributed by atoms with Crippen LogP contribution in [0.3, 0.4) is 0 Å². The summed E-state index contributed by atoms with van der Waals surface area (Å²) in [6.07, 6.45) is 3.74. The van der Waals surface area contributed by atoms with Gasteiger partial charge in [-0.3, -0.25) is 19.2 Å². The molecule has 0 radical (unpaired) electrons. The predicted octanol–water partition coefficient (Wildman–Crippen LogP) is 7.87. The number of aromatic nitrogens is 1. The molecule has 1 aromatic heterocycles. The minimum Gasteiger partial charge on any atom is -0.461 e. The van der Waals surface area contributed by atoms with Gasteiger partial charge in [0.05, 0.1) is 6.42 Å². The van der Waals surface area contributed by atoms with Gasteiger partial charge in [0.2, 0.25) is 11.8 Å². The lowest BCUT2D eigenvalue weighted by Crippen LogP contribution is -2.47. The molecule has 8 nitrogen and oxygen atoms in total. The quantitative estimate of drug-likeness (QED) is 0.0936. The molecule has 2 unspecified atom stereocenters. The summed E-state index contributed by atoms with van der Waals surface area (Å²) in [4.78, 5) is 52.3. The van der Waals surface area contributed by atoms with E-state index in [9.17, 15) is 19.2 Å². The number of ketones is 1. The molecule has 250 valence electrons. The highest BCUT2D eigenvalue weighted by Gasteiger charge is 2.30. The van der Waals surface area contributed by atoms with Crippen LogP contribution in [0.5, 0.6) is 0 Å². The van der Waals surface area contributed by atoms with Crippen LogP contribution in [0.1, 0.15) is 55.6 Å². The Morgan fingerprint density at radius 1 is 0.694 bits per heavy atom. The molecule has 2 N–H and O–H groups in total. The van der Waals surface area contributed by atoms with Crippen molar-refractivity contribution >= 4 is 29.3 Å². The van der Waals surface area contributed by atoms with E-state index < -0.39 is 29.9 Å². The molecule has 1 heterocycles. The number of rotatable bonds is 14. The zero-order chi connectivity index (χ0) is 34.8. The first-order valence-corrected chi connectivity index (χ1v) is 16.4. The van der Waals surface area contributed by atoms with Gasteiger partial charge in [-0.15, -0.1) is 0 Å². The maximum atomic E-state index is 14.0. The Morgan fingerprint density at radius 3 is 1.90 bits per heavy atom. The summed E-state index contributed by atoms with van der Waals surface area (Å²) in [6.45, 7) is 5.49. The van der Waals surface area contributed by atoms with Crippen molar-refractivity contribution in [2.45, 2.75) is 52.3 Å². The smallest absolute Gasteiger partial charge is 0.308 e. The van der Waals surface area contributed by atoms with E-state index in [1.807, 2.05) is 86.8 Å². The average molecular weight is 656 g/mol. The fourth-order valence-electron chi connectivity index (χ4n) is 5.54. The fourth-order valence-corrected chi connectivity index (χ4v) is 5.54. The maximum absolute atomic E-state index is 14.0. The van der Waals surface area contributed by atoms with Crippen molar-refractivity contribution in [3.8, 4) is 22.3 Å². The monoisotopic (exact) mass is 655 g/mol. The van der Waals surface area contributed by atoms with E-state index in [0.29, 0.717) is 17.7 Å². The molecule has 5 aromatic rings. The van der Waals surface area contributed by atoms with Gasteiger partial charge in [0.25, 0.3) is 0 Å². The molecule has 8 heteroatoms. The van der Waals surface area contributed by atoms with Crippen molar-refractivity contribution in [1.29, 1.82) is 0 Å². The van der Waals surface area contributed by atoms with Crippen LogP contribution < -0.4 is 10.6 Å². The topological polar surface area (TPSA) is 106 Å². The van der Waals surface area contributed by atoms with Crippen molar-refractivity contribution in [3.63, 3.8) is 0 Å². The number of Topliss-reactive ketones (excluding diaryl/α,β-unsaturated/α-hetero) is 1. The van der Waals surface area contributed by atoms with E-state index in [0.717, 1.165) is 27.8 Å². The first-order valence-electron chi connectivity index (χ1n) is 16.4. The second-order valence-electron chi connectivity index (χ2n) is 12.5. The minimum atomic E-state index is -0.974. The summed E-state index contributed by atoms with van der Waals surface area (Å²) in [6, 6.07) is 34.2. The Hall–Kier alpha value is -5.76. The zero-order valence-corrected chi connectivity index (χ0v) is 28.0. The Balaban J connectivity index is 1.36. The summed E-state index contributed by atoms with van der Waals surface area (Å²) in [5.74, 6) is -1.40. The van der Waals surface area contributed by atoms with Crippen molar-refractivity contribution in [1.82, 2.24) is 9.88 Å². The molecule has 5 rings (SSSR count). The van der Waals surface area contributed by atoms with Crippen molar-refractivity contribution in [2.75, 3.05) is 5.32 Å². The second kappa shape index (κ2) is 16.4. The standard InChI is InChI=1S/C41H41N3O5/c1-28(2)24-37(40(47)42-36-20-18-31(19-21-36)29(3)45)43-41(48)38(25-39(46)49-27-30-10-6-4-7-11-30)44-23-22-35(26-44)34-16-14-33(15-17-34)32-12-8-5-9-13-32/h4-23,26,28,37-38H,24-25,27H2,1-3H3,(H,42,47)(H,43,48). The third-order valence-corrected chi connectivity index (χ3v) is 8.20. The van der Waals surface area contributed by atoms with Gasteiger partial charge in [-0.1, -0.05) is 98.8 Å². The molecule has 2 atom stereocenters. The minimum absolute atomic E-state index is 0.0754. The summed E-state index contributed by atoms with van der Waals surface area (Å²) >= 11 is 0. The SMILES string of the molecule is CC(=O)c1ccc(NC(=O)C(CC(C)C)NC(=O)C(CC(=O)OCc2ccccc2)n2ccc(-c3ccc(-c4ccccc4)cc3)c2)cc1. The molecule has 0 bridgehead atoms. The maximum Gasteiger partial charge on any atom is 0.308 e. The highest BCUT2D eigenvalue weighted by atomic mass is 16.5. The van der Waals surface area contributed by atoms with Crippen LogP contribution in [-0.2, 0) is 25.7 Å². The predicted molar refractivity (Wildman–Crippen MR) is 192 cm³/mol. The van der Waals surface area contributed by atoms with Crippen LogP contribution in [0, 0.1) is 5.92 Å². The van der Waals surface area contributed by atoms with Crippen LogP contribution in [0.25, 0.3) is 22.3 Å². The van der Waals surface area contributed by atoms with Gasteiger partial charge < -0.3 is 19.9 Å². The van der Waals surface area contributed by atoms with E-state index >= 15 is 0 Å². The molecule has 2 amide bonds. The van der Waals surface area contributed by atoms with Crippen molar-refractivity contribution in [3.05, 3.63) is 139 Å². The van der Waals surface area contributed by atoms with E-state index in [2.05, 4.69) is 34.9 Å². The number of benzene rings is 4. The molecule has 0 saturated carbocycles. The highest BCUT2D eigenvalue weighted by Crippen LogP contribution is 2.27. The highest BCUT2D eigenvalue weighted by molar-refractivity contribution is 5.99. The molecule has 0 aliphatic heterocycles. The third-order valence-electron chi connectivity index (χ3n) is 8.20. The summed E-state index contributed by atoms with van der Waals surface area (Å²) in [5, 5.41) is 5.77. The number of esters is 1. The van der Waals surface area contributed by atoms with Crippen molar-refractivity contribution < 1.29 is 23.9 Å². The molecule has 49 heavy (non-hydrogen) atoms. The molecule has 0 aliphatic carbocycles. The van der Waals surface area contributed by atoms with Gasteiger partial charge in [-0.05, 0) is 77.4 Å².